The van der Waals surface area contributed by atoms with Crippen molar-refractivity contribution in [2.24, 2.45) is 0 Å². The van der Waals surface area contributed by atoms with Crippen LogP contribution in [0.4, 0.5) is 11.4 Å². The number of aromatic nitrogens is 1. The predicted molar refractivity (Wildman–Crippen MR) is 120 cm³/mol. The summed E-state index contributed by atoms with van der Waals surface area (Å²) < 4.78 is 33.2. The second kappa shape index (κ2) is 7.88. The number of sulfonamides is 1. The van der Waals surface area contributed by atoms with E-state index >= 15 is 0 Å². The van der Waals surface area contributed by atoms with Crippen LogP contribution >= 0.6 is 0 Å². The van der Waals surface area contributed by atoms with Crippen LogP contribution in [0.3, 0.4) is 0 Å². The van der Waals surface area contributed by atoms with E-state index < -0.39 is 10.0 Å². The molecule has 1 amide bonds. The van der Waals surface area contributed by atoms with Crippen LogP contribution in [0.5, 0.6) is 0 Å². The van der Waals surface area contributed by atoms with Crippen molar-refractivity contribution >= 4 is 38.4 Å². The number of oxazole rings is 1. The Balaban J connectivity index is 1.47. The first kappa shape index (κ1) is 20.6. The number of rotatable bonds is 5. The molecule has 0 radical (unpaired) electrons. The molecule has 4 aromatic rings. The maximum atomic E-state index is 12.6. The minimum atomic E-state index is -3.72. The first-order valence-electron chi connectivity index (χ1n) is 9.60. The normalized spacial score (nSPS) is 11.5. The van der Waals surface area contributed by atoms with E-state index in [1.54, 1.807) is 67.6 Å². The Morgan fingerprint density at radius 2 is 1.58 bits per heavy atom. The molecule has 3 aromatic carbocycles. The summed E-state index contributed by atoms with van der Waals surface area (Å²) in [5.74, 6) is 0.237. The van der Waals surface area contributed by atoms with Crippen LogP contribution in [-0.2, 0) is 10.0 Å². The van der Waals surface area contributed by atoms with E-state index in [1.807, 2.05) is 13.8 Å². The second-order valence-corrected chi connectivity index (χ2v) is 8.98. The highest BCUT2D eigenvalue weighted by Crippen LogP contribution is 2.22. The first-order valence-corrected chi connectivity index (χ1v) is 11.1. The molecule has 0 saturated heterocycles. The highest BCUT2D eigenvalue weighted by Gasteiger charge is 2.15. The van der Waals surface area contributed by atoms with Gasteiger partial charge in [-0.25, -0.2) is 13.4 Å². The van der Waals surface area contributed by atoms with Gasteiger partial charge in [-0.2, -0.15) is 0 Å². The van der Waals surface area contributed by atoms with Gasteiger partial charge in [-0.15, -0.1) is 0 Å². The molecule has 0 aliphatic rings. The van der Waals surface area contributed by atoms with Gasteiger partial charge in [-0.1, -0.05) is 6.07 Å². The third-order valence-electron chi connectivity index (χ3n) is 4.94. The molecule has 0 bridgehead atoms. The standard InChI is InChI=1S/C23H21N3O4S/c1-14-4-10-20(12-15(14)2)31(28,29)26-18-7-5-17(6-8-18)23(27)25-19-9-11-22-21(13-19)24-16(3)30-22/h4-13,26H,1-3H3,(H,25,27). The fourth-order valence-electron chi connectivity index (χ4n) is 3.11. The van der Waals surface area contributed by atoms with Crippen molar-refractivity contribution in [2.45, 2.75) is 25.7 Å². The van der Waals surface area contributed by atoms with Crippen molar-refractivity contribution < 1.29 is 17.6 Å². The summed E-state index contributed by atoms with van der Waals surface area (Å²) in [6, 6.07) is 16.4. The van der Waals surface area contributed by atoms with Gasteiger partial charge < -0.3 is 9.73 Å². The van der Waals surface area contributed by atoms with Crippen molar-refractivity contribution in [2.75, 3.05) is 10.0 Å². The van der Waals surface area contributed by atoms with E-state index in [4.69, 9.17) is 4.42 Å². The largest absolute Gasteiger partial charge is 0.441 e. The van der Waals surface area contributed by atoms with Gasteiger partial charge in [0.05, 0.1) is 4.90 Å². The third kappa shape index (κ3) is 4.44. The van der Waals surface area contributed by atoms with Crippen molar-refractivity contribution in [3.8, 4) is 0 Å². The maximum absolute atomic E-state index is 12.6. The fraction of sp³-hybridized carbons (Fsp3) is 0.130. The Hall–Kier alpha value is -3.65. The molecule has 0 atom stereocenters. The van der Waals surface area contributed by atoms with Crippen LogP contribution in [0.2, 0.25) is 0 Å². The number of anilines is 2. The molecule has 0 fully saturated rings. The lowest BCUT2D eigenvalue weighted by molar-refractivity contribution is 0.102. The zero-order valence-corrected chi connectivity index (χ0v) is 18.1. The number of amides is 1. The number of hydrogen-bond acceptors (Lipinski definition) is 5. The topological polar surface area (TPSA) is 101 Å². The second-order valence-electron chi connectivity index (χ2n) is 7.30. The van der Waals surface area contributed by atoms with Crippen molar-refractivity contribution in [1.82, 2.24) is 4.98 Å². The summed E-state index contributed by atoms with van der Waals surface area (Å²) >= 11 is 0. The van der Waals surface area contributed by atoms with Gasteiger partial charge in [0.2, 0.25) is 0 Å². The van der Waals surface area contributed by atoms with Crippen LogP contribution in [-0.4, -0.2) is 19.3 Å². The molecule has 2 N–H and O–H groups in total. The van der Waals surface area contributed by atoms with Crippen molar-refractivity contribution in [3.05, 3.63) is 83.2 Å². The summed E-state index contributed by atoms with van der Waals surface area (Å²) in [7, 11) is -3.72. The van der Waals surface area contributed by atoms with Gasteiger partial charge >= 0.3 is 0 Å². The molecule has 31 heavy (non-hydrogen) atoms. The summed E-state index contributed by atoms with van der Waals surface area (Å²) in [5.41, 5.74) is 4.58. The number of fused-ring (bicyclic) bond motifs is 1. The Bertz CT molecular complexity index is 1390. The van der Waals surface area contributed by atoms with E-state index in [1.165, 1.54) is 0 Å². The molecule has 8 heteroatoms. The SMILES string of the molecule is Cc1nc2cc(NC(=O)c3ccc(NS(=O)(=O)c4ccc(C)c(C)c4)cc3)ccc2o1. The molecule has 1 aromatic heterocycles. The van der Waals surface area contributed by atoms with E-state index in [0.29, 0.717) is 33.9 Å². The van der Waals surface area contributed by atoms with Gasteiger partial charge in [-0.3, -0.25) is 9.52 Å². The molecule has 158 valence electrons. The van der Waals surface area contributed by atoms with E-state index in [9.17, 15) is 13.2 Å². The molecule has 0 aliphatic heterocycles. The van der Waals surface area contributed by atoms with Crippen molar-refractivity contribution in [1.29, 1.82) is 0 Å². The quantitative estimate of drug-likeness (QED) is 0.469. The molecule has 0 saturated carbocycles. The van der Waals surface area contributed by atoms with Crippen LogP contribution < -0.4 is 10.0 Å². The van der Waals surface area contributed by atoms with Gasteiger partial charge in [0.15, 0.2) is 11.5 Å². The Morgan fingerprint density at radius 1 is 0.871 bits per heavy atom. The number of benzene rings is 3. The molecular formula is C23H21N3O4S. The zero-order valence-electron chi connectivity index (χ0n) is 17.3. The molecule has 0 unspecified atom stereocenters. The lowest BCUT2D eigenvalue weighted by Gasteiger charge is -2.10. The smallest absolute Gasteiger partial charge is 0.261 e. The number of hydrogen-bond donors (Lipinski definition) is 2. The molecular weight excluding hydrogens is 414 g/mol. The van der Waals surface area contributed by atoms with Gasteiger partial charge in [0, 0.05) is 23.9 Å². The highest BCUT2D eigenvalue weighted by atomic mass is 32.2. The first-order chi connectivity index (χ1) is 14.7. The summed E-state index contributed by atoms with van der Waals surface area (Å²) in [6.07, 6.45) is 0. The van der Waals surface area contributed by atoms with Gasteiger partial charge in [0.25, 0.3) is 15.9 Å². The molecule has 4 rings (SSSR count). The van der Waals surface area contributed by atoms with Crippen molar-refractivity contribution in [3.63, 3.8) is 0 Å². The number of nitrogens with one attached hydrogen (secondary N) is 2. The van der Waals surface area contributed by atoms with Gasteiger partial charge in [-0.05, 0) is 79.6 Å². The zero-order chi connectivity index (χ0) is 22.2. The molecule has 7 nitrogen and oxygen atoms in total. The number of carbonyl (C=O) groups is 1. The van der Waals surface area contributed by atoms with Crippen LogP contribution in [0, 0.1) is 20.8 Å². The summed E-state index contributed by atoms with van der Waals surface area (Å²) in [4.78, 5) is 17.0. The Labute approximate surface area is 180 Å². The maximum Gasteiger partial charge on any atom is 0.261 e. The number of carbonyl (C=O) groups excluding carboxylic acids is 1. The van der Waals surface area contributed by atoms with E-state index in [2.05, 4.69) is 15.0 Å². The van der Waals surface area contributed by atoms with Gasteiger partial charge in [0.1, 0.15) is 5.52 Å². The molecule has 0 aliphatic carbocycles. The molecule has 0 spiro atoms. The lowest BCUT2D eigenvalue weighted by Crippen LogP contribution is -2.14. The predicted octanol–water partition coefficient (Wildman–Crippen LogP) is 4.81. The average molecular weight is 436 g/mol. The van der Waals surface area contributed by atoms with Crippen LogP contribution in [0.25, 0.3) is 11.1 Å². The minimum Gasteiger partial charge on any atom is -0.441 e. The fourth-order valence-corrected chi connectivity index (χ4v) is 4.25. The van der Waals surface area contributed by atoms with Crippen LogP contribution in [0.15, 0.2) is 70.0 Å². The van der Waals surface area contributed by atoms with E-state index in [0.717, 1.165) is 11.1 Å². The summed E-state index contributed by atoms with van der Waals surface area (Å²) in [6.45, 7) is 5.55. The number of nitrogens with zero attached hydrogens (tertiary/aromatic N) is 1. The average Bonchev–Trinajstić information content (AvgIpc) is 3.09. The summed E-state index contributed by atoms with van der Waals surface area (Å²) in [5, 5.41) is 2.81. The third-order valence-corrected chi connectivity index (χ3v) is 6.32. The Morgan fingerprint density at radius 3 is 2.29 bits per heavy atom. The van der Waals surface area contributed by atoms with E-state index in [-0.39, 0.29) is 10.8 Å². The number of aryl methyl sites for hydroxylation is 3. The van der Waals surface area contributed by atoms with Crippen LogP contribution in [0.1, 0.15) is 27.4 Å². The Kier molecular flexibility index (Phi) is 5.24. The molecule has 1 heterocycles. The monoisotopic (exact) mass is 435 g/mol. The lowest BCUT2D eigenvalue weighted by atomic mass is 10.1. The highest BCUT2D eigenvalue weighted by molar-refractivity contribution is 7.92. The minimum absolute atomic E-state index is 0.191.